The largest absolute Gasteiger partial charge is 0.465 e. The molecule has 0 bridgehead atoms. The smallest absolute Gasteiger partial charge is 0.340 e. The highest BCUT2D eigenvalue weighted by Gasteiger charge is 2.16. The molecule has 0 aliphatic heterocycles. The predicted octanol–water partition coefficient (Wildman–Crippen LogP) is 1.16. The van der Waals surface area contributed by atoms with Gasteiger partial charge in [-0.05, 0) is 19.1 Å². The van der Waals surface area contributed by atoms with E-state index in [0.717, 1.165) is 7.11 Å². The number of carbonyl (C=O) groups is 1. The normalized spacial score (nSPS) is 10.5. The number of esters is 1. The summed E-state index contributed by atoms with van der Waals surface area (Å²) in [6, 6.07) is 2.72. The number of carbonyl (C=O) groups excluding carboxylic acids is 1. The van der Waals surface area contributed by atoms with Gasteiger partial charge in [0.15, 0.2) is 5.82 Å². The summed E-state index contributed by atoms with van der Waals surface area (Å²) >= 11 is 0. The number of methoxy groups -OCH3 is 1. The van der Waals surface area contributed by atoms with Gasteiger partial charge >= 0.3 is 5.97 Å². The number of rotatable bonds is 1. The third kappa shape index (κ3) is 1.77. The number of aryl methyl sites for hydroxylation is 1. The number of benzene rings is 1. The van der Waals surface area contributed by atoms with E-state index in [0.29, 0.717) is 0 Å². The Morgan fingerprint density at radius 3 is 2.82 bits per heavy atom. The Bertz CT molecular complexity index is 664. The number of ether oxygens (including phenoxy) is 1. The van der Waals surface area contributed by atoms with Crippen LogP contribution in [0.4, 0.5) is 4.39 Å². The summed E-state index contributed by atoms with van der Waals surface area (Å²) in [4.78, 5) is 28.9. The Morgan fingerprint density at radius 1 is 1.47 bits per heavy atom. The molecule has 0 aliphatic rings. The van der Waals surface area contributed by atoms with Crippen LogP contribution < -0.4 is 5.56 Å². The van der Waals surface area contributed by atoms with Gasteiger partial charge < -0.3 is 9.72 Å². The molecule has 5 nitrogen and oxygen atoms in total. The minimum absolute atomic E-state index is 0.0940. The molecular formula is C11H9FN2O3. The Morgan fingerprint density at radius 2 is 2.18 bits per heavy atom. The van der Waals surface area contributed by atoms with E-state index in [2.05, 4.69) is 14.7 Å². The minimum Gasteiger partial charge on any atom is -0.465 e. The zero-order valence-corrected chi connectivity index (χ0v) is 9.20. The maximum atomic E-state index is 13.9. The second-order valence-corrected chi connectivity index (χ2v) is 3.46. The van der Waals surface area contributed by atoms with Crippen molar-refractivity contribution in [2.45, 2.75) is 6.92 Å². The van der Waals surface area contributed by atoms with E-state index in [9.17, 15) is 14.0 Å². The molecule has 1 heterocycles. The molecule has 0 fully saturated rings. The highest BCUT2D eigenvalue weighted by atomic mass is 19.1. The molecule has 0 saturated heterocycles. The monoisotopic (exact) mass is 236 g/mol. The molecule has 6 heteroatoms. The lowest BCUT2D eigenvalue weighted by molar-refractivity contribution is 0.0596. The van der Waals surface area contributed by atoms with Gasteiger partial charge in [0.1, 0.15) is 11.2 Å². The van der Waals surface area contributed by atoms with Crippen molar-refractivity contribution in [2.24, 2.45) is 0 Å². The molecule has 88 valence electrons. The number of H-pyrrole nitrogens is 1. The first-order valence-corrected chi connectivity index (χ1v) is 4.82. The molecule has 0 spiro atoms. The lowest BCUT2D eigenvalue weighted by Gasteiger charge is -2.04. The standard InChI is InChI=1S/C11H9FN2O3/c1-5-10(15)14-9-7(13-5)4-3-6(8(9)12)11(16)17-2/h3-4H,1-2H3,(H,14,15). The van der Waals surface area contributed by atoms with E-state index >= 15 is 0 Å². The quantitative estimate of drug-likeness (QED) is 0.754. The second kappa shape index (κ2) is 3.97. The van der Waals surface area contributed by atoms with Gasteiger partial charge in [0.2, 0.25) is 0 Å². The van der Waals surface area contributed by atoms with Crippen LogP contribution in [0.1, 0.15) is 16.1 Å². The molecule has 0 amide bonds. The van der Waals surface area contributed by atoms with Gasteiger partial charge in [0, 0.05) is 0 Å². The summed E-state index contributed by atoms with van der Waals surface area (Å²) in [6.07, 6.45) is 0. The maximum Gasteiger partial charge on any atom is 0.340 e. The van der Waals surface area contributed by atoms with Gasteiger partial charge in [-0.2, -0.15) is 0 Å². The van der Waals surface area contributed by atoms with Crippen LogP contribution >= 0.6 is 0 Å². The average Bonchev–Trinajstić information content (AvgIpc) is 2.31. The molecule has 1 aromatic carbocycles. The molecule has 17 heavy (non-hydrogen) atoms. The highest BCUT2D eigenvalue weighted by molar-refractivity contribution is 5.93. The van der Waals surface area contributed by atoms with Crippen molar-refractivity contribution in [3.8, 4) is 0 Å². The van der Waals surface area contributed by atoms with Crippen molar-refractivity contribution < 1.29 is 13.9 Å². The van der Waals surface area contributed by atoms with E-state index < -0.39 is 17.3 Å². The average molecular weight is 236 g/mol. The number of hydrogen-bond donors (Lipinski definition) is 1. The van der Waals surface area contributed by atoms with Gasteiger partial charge in [-0.3, -0.25) is 4.79 Å². The van der Waals surface area contributed by atoms with Crippen LogP contribution in [0.25, 0.3) is 11.0 Å². The van der Waals surface area contributed by atoms with Crippen molar-refractivity contribution >= 4 is 17.0 Å². The van der Waals surface area contributed by atoms with E-state index in [4.69, 9.17) is 0 Å². The molecule has 1 aromatic heterocycles. The first kappa shape index (κ1) is 11.3. The zero-order chi connectivity index (χ0) is 12.6. The number of aromatic amines is 1. The molecule has 0 radical (unpaired) electrons. The van der Waals surface area contributed by atoms with Gasteiger partial charge in [0.05, 0.1) is 18.2 Å². The Hall–Kier alpha value is -2.24. The minimum atomic E-state index is -0.834. The first-order chi connectivity index (χ1) is 8.04. The van der Waals surface area contributed by atoms with Crippen LogP contribution in [-0.4, -0.2) is 23.0 Å². The topological polar surface area (TPSA) is 72.0 Å². The predicted molar refractivity (Wildman–Crippen MR) is 58.4 cm³/mol. The number of aromatic nitrogens is 2. The van der Waals surface area contributed by atoms with Crippen LogP contribution in [0.3, 0.4) is 0 Å². The number of fused-ring (bicyclic) bond motifs is 1. The fourth-order valence-electron chi connectivity index (χ4n) is 1.48. The number of nitrogens with zero attached hydrogens (tertiary/aromatic N) is 1. The van der Waals surface area contributed by atoms with Gasteiger partial charge in [0.25, 0.3) is 5.56 Å². The molecule has 0 aliphatic carbocycles. The lowest BCUT2D eigenvalue weighted by atomic mass is 10.1. The zero-order valence-electron chi connectivity index (χ0n) is 9.20. The second-order valence-electron chi connectivity index (χ2n) is 3.46. The van der Waals surface area contributed by atoms with E-state index in [1.54, 1.807) is 0 Å². The van der Waals surface area contributed by atoms with E-state index in [1.165, 1.54) is 19.1 Å². The van der Waals surface area contributed by atoms with Crippen molar-refractivity contribution in [1.82, 2.24) is 9.97 Å². The Balaban J connectivity index is 2.80. The summed E-state index contributed by atoms with van der Waals surface area (Å²) in [5.41, 5.74) is -0.293. The van der Waals surface area contributed by atoms with E-state index in [1.807, 2.05) is 0 Å². The molecule has 0 atom stereocenters. The lowest BCUT2D eigenvalue weighted by Crippen LogP contribution is -2.14. The Kier molecular flexibility index (Phi) is 2.63. The van der Waals surface area contributed by atoms with Crippen molar-refractivity contribution in [3.05, 3.63) is 39.6 Å². The van der Waals surface area contributed by atoms with Crippen LogP contribution in [-0.2, 0) is 4.74 Å². The molecule has 2 aromatic rings. The van der Waals surface area contributed by atoms with Crippen LogP contribution in [0.2, 0.25) is 0 Å². The first-order valence-electron chi connectivity index (χ1n) is 4.82. The van der Waals surface area contributed by atoms with Gasteiger partial charge in [-0.1, -0.05) is 0 Å². The summed E-state index contributed by atoms with van der Waals surface area (Å²) in [7, 11) is 1.15. The van der Waals surface area contributed by atoms with Crippen molar-refractivity contribution in [2.75, 3.05) is 7.11 Å². The number of nitrogens with one attached hydrogen (secondary N) is 1. The van der Waals surface area contributed by atoms with Crippen LogP contribution in [0, 0.1) is 12.7 Å². The fourth-order valence-corrected chi connectivity index (χ4v) is 1.48. The van der Waals surface area contributed by atoms with Crippen LogP contribution in [0.15, 0.2) is 16.9 Å². The van der Waals surface area contributed by atoms with E-state index in [-0.39, 0.29) is 22.3 Å². The third-order valence-corrected chi connectivity index (χ3v) is 2.38. The van der Waals surface area contributed by atoms with Crippen LogP contribution in [0.5, 0.6) is 0 Å². The van der Waals surface area contributed by atoms with Crippen molar-refractivity contribution in [1.29, 1.82) is 0 Å². The SMILES string of the molecule is COC(=O)c1ccc2nc(C)c(=O)[nH]c2c1F. The van der Waals surface area contributed by atoms with Gasteiger partial charge in [-0.25, -0.2) is 14.2 Å². The highest BCUT2D eigenvalue weighted by Crippen LogP contribution is 2.17. The summed E-state index contributed by atoms with van der Waals surface area (Å²) < 4.78 is 18.3. The molecular weight excluding hydrogens is 227 g/mol. The molecule has 0 saturated carbocycles. The molecule has 0 unspecified atom stereocenters. The fraction of sp³-hybridized carbons (Fsp3) is 0.182. The summed E-state index contributed by atoms with van der Waals surface area (Å²) in [5.74, 6) is -1.63. The van der Waals surface area contributed by atoms with Gasteiger partial charge in [-0.15, -0.1) is 0 Å². The number of hydrogen-bond acceptors (Lipinski definition) is 4. The number of halogens is 1. The maximum absolute atomic E-state index is 13.9. The third-order valence-electron chi connectivity index (χ3n) is 2.38. The Labute approximate surface area is 95.2 Å². The summed E-state index contributed by atoms with van der Waals surface area (Å²) in [5, 5.41) is 0. The molecule has 1 N–H and O–H groups in total. The molecule has 2 rings (SSSR count). The van der Waals surface area contributed by atoms with Crippen molar-refractivity contribution in [3.63, 3.8) is 0 Å². The summed E-state index contributed by atoms with van der Waals surface area (Å²) in [6.45, 7) is 1.52.